The van der Waals surface area contributed by atoms with Crippen molar-refractivity contribution >= 4 is 83.4 Å². The van der Waals surface area contributed by atoms with Crippen molar-refractivity contribution in [2.75, 3.05) is 9.80 Å². The van der Waals surface area contributed by atoms with Crippen LogP contribution in [0.5, 0.6) is 0 Å². The number of benzene rings is 17. The standard InChI is InChI=1S/C111H75N5/c112-74-75-44-53-88(54-45-75)113(92-60-65-99-97-41-23-25-43-106(97)115(108(99)72-92)86-36-18-6-19-37-86)89-57-48-78(49-58-89)80-50-62-96-101-68-79(52-67-103(101)111(104(96)69-80,84-32-14-4-15-33-84)85-34-16-5-17-35-85)81-51-63-98-100-66-61-93(73-109(100)116(107(98)70-81)87-38-20-7-21-39-87)114(90-55-46-77(47-56-90)76-26-8-1-9-27-76)91-59-64-95-94-40-22-24-42-102(94)110(105(95)71-91,82-28-10-2-11-29-82)83-30-12-3-13-31-83/h1-5,7-18,20-73H,6,19H2. The first-order chi connectivity index (χ1) is 57.5. The summed E-state index contributed by atoms with van der Waals surface area (Å²) in [4.78, 5) is 4.78. The van der Waals surface area contributed by atoms with Gasteiger partial charge in [-0.25, -0.2) is 0 Å². The van der Waals surface area contributed by atoms with Crippen LogP contribution in [0.3, 0.4) is 0 Å². The quantitative estimate of drug-likeness (QED) is 0.103. The lowest BCUT2D eigenvalue weighted by molar-refractivity contribution is 0.768. The largest absolute Gasteiger partial charge is 0.310 e. The molecular formula is C111H75N5. The number of anilines is 6. The topological polar surface area (TPSA) is 40.1 Å². The van der Waals surface area contributed by atoms with Crippen molar-refractivity contribution in [3.63, 3.8) is 0 Å². The first-order valence-electron chi connectivity index (χ1n) is 40.1. The minimum absolute atomic E-state index is 0.586. The Labute approximate surface area is 675 Å². The Hall–Kier alpha value is -15.1. The molecule has 2 heterocycles. The van der Waals surface area contributed by atoms with E-state index in [0.717, 1.165) is 97.0 Å². The Morgan fingerprint density at radius 2 is 0.647 bits per heavy atom. The number of fused-ring (bicyclic) bond motifs is 12. The van der Waals surface area contributed by atoms with Gasteiger partial charge < -0.3 is 18.9 Å². The van der Waals surface area contributed by atoms with Crippen LogP contribution in [-0.2, 0) is 10.8 Å². The highest BCUT2D eigenvalue weighted by molar-refractivity contribution is 6.13. The highest BCUT2D eigenvalue weighted by atomic mass is 15.2. The maximum absolute atomic E-state index is 10.00. The molecule has 17 aromatic carbocycles. The number of rotatable bonds is 15. The van der Waals surface area contributed by atoms with E-state index in [4.69, 9.17) is 0 Å². The van der Waals surface area contributed by atoms with Crippen molar-refractivity contribution in [2.45, 2.75) is 23.7 Å². The highest BCUT2D eigenvalue weighted by Gasteiger charge is 2.48. The lowest BCUT2D eigenvalue weighted by Crippen LogP contribution is -2.28. The first kappa shape index (κ1) is 67.8. The molecule has 544 valence electrons. The van der Waals surface area contributed by atoms with Gasteiger partial charge >= 0.3 is 0 Å². The molecule has 2 aromatic heterocycles. The fraction of sp³-hybridized carbons (Fsp3) is 0.0360. The van der Waals surface area contributed by atoms with Crippen LogP contribution in [0, 0.1) is 11.3 Å². The van der Waals surface area contributed by atoms with Crippen LogP contribution in [-0.4, -0.2) is 9.13 Å². The summed E-state index contributed by atoms with van der Waals surface area (Å²) in [5.74, 6) is 0. The molecule has 0 fully saturated rings. The fourth-order valence-electron chi connectivity index (χ4n) is 19.6. The van der Waals surface area contributed by atoms with Gasteiger partial charge in [0.2, 0.25) is 0 Å². The van der Waals surface area contributed by atoms with E-state index >= 15 is 0 Å². The SMILES string of the molecule is N#Cc1ccc(N(c2ccc(-c3ccc4c(c3)C(c3ccccc3)(c3ccccc3)c3ccc(-c5ccc6c7ccc(N(c8ccc(-c9ccccc9)cc8)c8ccc9c(c8)C(c8ccccc8)(c8ccccc8)c8ccccc8-9)cc7n(-c7ccccc7)c6c5)cc3-4)cc2)c2ccc3c4ccccc4n(C4=CCCC=C4)c3c2)cc1. The van der Waals surface area contributed by atoms with Crippen LogP contribution in [0.1, 0.15) is 62.9 Å². The van der Waals surface area contributed by atoms with Gasteiger partial charge in [-0.2, -0.15) is 5.26 Å². The molecule has 116 heavy (non-hydrogen) atoms. The van der Waals surface area contributed by atoms with Gasteiger partial charge in [0.05, 0.1) is 44.5 Å². The molecule has 19 aromatic rings. The molecule has 0 saturated heterocycles. The molecule has 5 heteroatoms. The zero-order valence-electron chi connectivity index (χ0n) is 63.6. The van der Waals surface area contributed by atoms with E-state index in [9.17, 15) is 5.26 Å². The second kappa shape index (κ2) is 27.7. The number of aromatic nitrogens is 2. The van der Waals surface area contributed by atoms with Gasteiger partial charge in [0, 0.05) is 67.1 Å². The second-order valence-corrected chi connectivity index (χ2v) is 30.8. The van der Waals surface area contributed by atoms with Crippen molar-refractivity contribution in [1.82, 2.24) is 9.13 Å². The van der Waals surface area contributed by atoms with Gasteiger partial charge in [0.1, 0.15) is 0 Å². The summed E-state index contributed by atoms with van der Waals surface area (Å²) in [6.07, 6.45) is 8.94. The fourth-order valence-corrected chi connectivity index (χ4v) is 19.6. The molecule has 0 radical (unpaired) electrons. The third-order valence-corrected chi connectivity index (χ3v) is 24.7. The summed E-state index contributed by atoms with van der Waals surface area (Å²) in [5.41, 5.74) is 34.0. The molecule has 0 unspecified atom stereocenters. The third-order valence-electron chi connectivity index (χ3n) is 24.7. The second-order valence-electron chi connectivity index (χ2n) is 30.8. The molecule has 0 saturated carbocycles. The van der Waals surface area contributed by atoms with E-state index in [1.165, 1.54) is 105 Å². The molecule has 0 N–H and O–H groups in total. The lowest BCUT2D eigenvalue weighted by Gasteiger charge is -2.35. The molecule has 0 spiro atoms. The smallest absolute Gasteiger partial charge is 0.0991 e. The molecule has 3 aliphatic rings. The predicted octanol–water partition coefficient (Wildman–Crippen LogP) is 28.6. The summed E-state index contributed by atoms with van der Waals surface area (Å²) in [6.45, 7) is 0. The van der Waals surface area contributed by atoms with E-state index in [2.05, 4.69) is 444 Å². The Balaban J connectivity index is 0.677. The number of hydrogen-bond donors (Lipinski definition) is 0. The van der Waals surface area contributed by atoms with E-state index in [1.54, 1.807) is 0 Å². The average Bonchev–Trinajstić information content (AvgIpc) is 1.54. The molecule has 0 bridgehead atoms. The maximum atomic E-state index is 10.00. The maximum Gasteiger partial charge on any atom is 0.0991 e. The Morgan fingerprint density at radius 1 is 0.259 bits per heavy atom. The summed E-state index contributed by atoms with van der Waals surface area (Å²) < 4.78 is 4.90. The number of allylic oxidation sites excluding steroid dienone is 4. The number of para-hydroxylation sites is 2. The van der Waals surface area contributed by atoms with E-state index in [1.807, 2.05) is 12.1 Å². The summed E-state index contributed by atoms with van der Waals surface area (Å²) in [5, 5.41) is 14.8. The third kappa shape index (κ3) is 10.8. The Kier molecular flexibility index (Phi) is 16.2. The van der Waals surface area contributed by atoms with Gasteiger partial charge in [0.25, 0.3) is 0 Å². The lowest BCUT2D eigenvalue weighted by atomic mass is 9.67. The molecule has 22 rings (SSSR count). The van der Waals surface area contributed by atoms with Crippen LogP contribution < -0.4 is 9.80 Å². The summed E-state index contributed by atoms with van der Waals surface area (Å²) >= 11 is 0. The molecule has 0 aliphatic heterocycles. The summed E-state index contributed by atoms with van der Waals surface area (Å²) in [7, 11) is 0. The van der Waals surface area contributed by atoms with Crippen molar-refractivity contribution in [1.29, 1.82) is 5.26 Å². The van der Waals surface area contributed by atoms with E-state index < -0.39 is 10.8 Å². The van der Waals surface area contributed by atoms with Crippen LogP contribution in [0.4, 0.5) is 34.1 Å². The van der Waals surface area contributed by atoms with Gasteiger partial charge in [-0.05, 0) is 240 Å². The Morgan fingerprint density at radius 3 is 1.24 bits per heavy atom. The minimum Gasteiger partial charge on any atom is -0.310 e. The van der Waals surface area contributed by atoms with Crippen molar-refractivity contribution in [3.05, 3.63) is 481 Å². The number of nitrogens with zero attached hydrogens (tertiary/aromatic N) is 5. The van der Waals surface area contributed by atoms with Crippen LogP contribution >= 0.6 is 0 Å². The van der Waals surface area contributed by atoms with Gasteiger partial charge in [-0.1, -0.05) is 303 Å². The van der Waals surface area contributed by atoms with Crippen molar-refractivity contribution < 1.29 is 0 Å². The van der Waals surface area contributed by atoms with Crippen LogP contribution in [0.25, 0.3) is 111 Å². The molecular weight excluding hydrogens is 1400 g/mol. The number of nitriles is 1. The van der Waals surface area contributed by atoms with Gasteiger partial charge in [-0.3, -0.25) is 0 Å². The van der Waals surface area contributed by atoms with Crippen LogP contribution in [0.2, 0.25) is 0 Å². The van der Waals surface area contributed by atoms with Gasteiger partial charge in [0.15, 0.2) is 0 Å². The van der Waals surface area contributed by atoms with E-state index in [0.29, 0.717) is 5.56 Å². The van der Waals surface area contributed by atoms with Crippen molar-refractivity contribution in [2.24, 2.45) is 0 Å². The average molecular weight is 1480 g/mol. The zero-order valence-corrected chi connectivity index (χ0v) is 63.6. The molecule has 3 aliphatic carbocycles. The normalized spacial score (nSPS) is 13.4. The number of hydrogen-bond acceptors (Lipinski definition) is 3. The monoisotopic (exact) mass is 1480 g/mol. The first-order valence-corrected chi connectivity index (χ1v) is 40.1. The molecule has 0 amide bonds. The zero-order chi connectivity index (χ0) is 76.8. The van der Waals surface area contributed by atoms with Gasteiger partial charge in [-0.15, -0.1) is 0 Å². The van der Waals surface area contributed by atoms with Crippen LogP contribution in [0.15, 0.2) is 431 Å². The molecule has 0 atom stereocenters. The predicted molar refractivity (Wildman–Crippen MR) is 481 cm³/mol. The highest BCUT2D eigenvalue weighted by Crippen LogP contribution is 2.60. The minimum atomic E-state index is -0.657. The Bertz CT molecular complexity index is 7080. The molecule has 5 nitrogen and oxygen atoms in total. The van der Waals surface area contributed by atoms with Crippen molar-refractivity contribution in [3.8, 4) is 67.4 Å². The van der Waals surface area contributed by atoms with E-state index in [-0.39, 0.29) is 0 Å². The summed E-state index contributed by atoms with van der Waals surface area (Å²) in [6, 6.07) is 155.